The molecule has 0 bridgehead atoms. The third-order valence-electron chi connectivity index (χ3n) is 6.01. The highest BCUT2D eigenvalue weighted by Gasteiger charge is 2.35. The second-order valence-corrected chi connectivity index (χ2v) is 9.95. The van der Waals surface area contributed by atoms with Crippen LogP contribution in [-0.4, -0.2) is 72.6 Å². The number of benzene rings is 1. The number of sulfonamides is 1. The second kappa shape index (κ2) is 10.4. The van der Waals surface area contributed by atoms with Gasteiger partial charge in [-0.15, -0.1) is 13.2 Å². The lowest BCUT2D eigenvalue weighted by Gasteiger charge is -2.36. The first-order chi connectivity index (χ1) is 15.7. The van der Waals surface area contributed by atoms with Gasteiger partial charge in [-0.05, 0) is 38.0 Å². The smallest absolute Gasteiger partial charge is 0.263 e. The molecule has 8 nitrogen and oxygen atoms in total. The van der Waals surface area contributed by atoms with Gasteiger partial charge in [-0.3, -0.25) is 9.48 Å². The number of hydrogen-bond acceptors (Lipinski definition) is 5. The van der Waals surface area contributed by atoms with Crippen LogP contribution in [0.5, 0.6) is 0 Å². The largest absolute Gasteiger partial charge is 0.369 e. The summed E-state index contributed by atoms with van der Waals surface area (Å²) in [5, 5.41) is 4.09. The third-order valence-corrected chi connectivity index (χ3v) is 7.84. The Bertz CT molecular complexity index is 1120. The predicted octanol–water partition coefficient (Wildman–Crippen LogP) is 2.84. The first kappa shape index (κ1) is 24.7. The van der Waals surface area contributed by atoms with Crippen molar-refractivity contribution in [1.82, 2.24) is 19.0 Å². The molecule has 0 spiro atoms. The van der Waals surface area contributed by atoms with Gasteiger partial charge in [0, 0.05) is 57.7 Å². The van der Waals surface area contributed by atoms with Gasteiger partial charge in [0.1, 0.15) is 0 Å². The summed E-state index contributed by atoms with van der Waals surface area (Å²) in [6.45, 7) is 16.2. The zero-order chi connectivity index (χ0) is 24.2. The Kier molecular flexibility index (Phi) is 7.76. The number of carbonyl (C=O) groups excluding carboxylic acids is 1. The number of amides is 1. The molecule has 33 heavy (non-hydrogen) atoms. The minimum atomic E-state index is -3.94. The van der Waals surface area contributed by atoms with E-state index in [9.17, 15) is 13.2 Å². The van der Waals surface area contributed by atoms with E-state index in [1.807, 2.05) is 13.0 Å². The van der Waals surface area contributed by atoms with E-state index in [-0.39, 0.29) is 23.7 Å². The Morgan fingerprint density at radius 3 is 2.33 bits per heavy atom. The highest BCUT2D eigenvalue weighted by atomic mass is 32.2. The first-order valence-electron chi connectivity index (χ1n) is 11.1. The standard InChI is InChI=1S/C24H33N5O3S/c1-6-12-27(13-7-2)24(30)21-18-28(8-3)25-23(21)33(31,32)29-16-14-26(15-17-29)22-11-9-10-19(4)20(22)5/h6-7,9-11,18H,1-2,8,12-17H2,3-5H3. The minimum absolute atomic E-state index is 0.0810. The number of piperazine rings is 1. The maximum atomic E-state index is 13.6. The molecule has 1 aliphatic rings. The third kappa shape index (κ3) is 5.04. The van der Waals surface area contributed by atoms with Gasteiger partial charge in [0.15, 0.2) is 0 Å². The molecule has 3 rings (SSSR count). The molecule has 0 N–H and O–H groups in total. The Hall–Kier alpha value is -2.91. The quantitative estimate of drug-likeness (QED) is 0.526. The van der Waals surface area contributed by atoms with E-state index in [4.69, 9.17) is 0 Å². The summed E-state index contributed by atoms with van der Waals surface area (Å²) in [4.78, 5) is 16.9. The van der Waals surface area contributed by atoms with E-state index in [1.54, 1.807) is 12.2 Å². The van der Waals surface area contributed by atoms with E-state index in [0.29, 0.717) is 32.7 Å². The van der Waals surface area contributed by atoms with Crippen LogP contribution >= 0.6 is 0 Å². The molecule has 0 saturated carbocycles. The molecule has 1 saturated heterocycles. The fraction of sp³-hybridized carbons (Fsp3) is 0.417. The molecule has 9 heteroatoms. The van der Waals surface area contributed by atoms with Crippen molar-refractivity contribution in [3.63, 3.8) is 0 Å². The molecular formula is C24H33N5O3S. The van der Waals surface area contributed by atoms with Gasteiger partial charge in [-0.1, -0.05) is 24.3 Å². The van der Waals surface area contributed by atoms with Crippen LogP contribution in [0.2, 0.25) is 0 Å². The molecule has 2 aromatic rings. The van der Waals surface area contributed by atoms with Gasteiger partial charge < -0.3 is 9.80 Å². The van der Waals surface area contributed by atoms with Gasteiger partial charge in [0.05, 0.1) is 5.56 Å². The molecule has 1 fully saturated rings. The minimum Gasteiger partial charge on any atom is -0.369 e. The number of carbonyl (C=O) groups is 1. The van der Waals surface area contributed by atoms with Crippen LogP contribution in [-0.2, 0) is 16.6 Å². The van der Waals surface area contributed by atoms with E-state index in [1.165, 1.54) is 31.2 Å². The normalized spacial score (nSPS) is 14.8. The van der Waals surface area contributed by atoms with Gasteiger partial charge >= 0.3 is 0 Å². The Morgan fingerprint density at radius 1 is 1.12 bits per heavy atom. The molecule has 0 unspecified atom stereocenters. The predicted molar refractivity (Wildman–Crippen MR) is 131 cm³/mol. The maximum Gasteiger partial charge on any atom is 0.263 e. The highest BCUT2D eigenvalue weighted by Crippen LogP contribution is 2.26. The molecule has 178 valence electrons. The summed E-state index contributed by atoms with van der Waals surface area (Å²) >= 11 is 0. The Morgan fingerprint density at radius 2 is 1.76 bits per heavy atom. The summed E-state index contributed by atoms with van der Waals surface area (Å²) in [6.07, 6.45) is 4.72. The van der Waals surface area contributed by atoms with Crippen LogP contribution in [0.3, 0.4) is 0 Å². The SMILES string of the molecule is C=CCN(CC=C)C(=O)c1cn(CC)nc1S(=O)(=O)N1CCN(c2cccc(C)c2C)CC1. The van der Waals surface area contributed by atoms with E-state index >= 15 is 0 Å². The summed E-state index contributed by atoms with van der Waals surface area (Å²) < 4.78 is 30.1. The van der Waals surface area contributed by atoms with Gasteiger partial charge in [-0.25, -0.2) is 8.42 Å². The van der Waals surface area contributed by atoms with Crippen molar-refractivity contribution < 1.29 is 13.2 Å². The molecule has 1 aromatic heterocycles. The average Bonchev–Trinajstić information content (AvgIpc) is 3.26. The van der Waals surface area contributed by atoms with Gasteiger partial charge in [0.25, 0.3) is 15.9 Å². The molecule has 0 atom stereocenters. The van der Waals surface area contributed by atoms with Crippen LogP contribution in [0.25, 0.3) is 0 Å². The molecule has 0 radical (unpaired) electrons. The maximum absolute atomic E-state index is 13.6. The average molecular weight is 472 g/mol. The lowest BCUT2D eigenvalue weighted by Crippen LogP contribution is -2.49. The first-order valence-corrected chi connectivity index (χ1v) is 12.6. The van der Waals surface area contributed by atoms with Crippen molar-refractivity contribution in [2.24, 2.45) is 0 Å². The zero-order valence-electron chi connectivity index (χ0n) is 19.7. The molecule has 1 amide bonds. The topological polar surface area (TPSA) is 78.8 Å². The summed E-state index contributed by atoms with van der Waals surface area (Å²) in [5.74, 6) is -0.401. The van der Waals surface area contributed by atoms with Gasteiger partial charge in [0.2, 0.25) is 5.03 Å². The summed E-state index contributed by atoms with van der Waals surface area (Å²) in [5.41, 5.74) is 3.62. The molecular weight excluding hydrogens is 438 g/mol. The zero-order valence-corrected chi connectivity index (χ0v) is 20.5. The van der Waals surface area contributed by atoms with Crippen molar-refractivity contribution >= 4 is 21.6 Å². The van der Waals surface area contributed by atoms with Crippen molar-refractivity contribution in [1.29, 1.82) is 0 Å². The van der Waals surface area contributed by atoms with Crippen molar-refractivity contribution in [3.8, 4) is 0 Å². The Labute approximate surface area is 196 Å². The second-order valence-electron chi connectivity index (χ2n) is 8.10. The lowest BCUT2D eigenvalue weighted by atomic mass is 10.1. The number of aromatic nitrogens is 2. The van der Waals surface area contributed by atoms with Crippen molar-refractivity contribution in [2.75, 3.05) is 44.2 Å². The number of hydrogen-bond donors (Lipinski definition) is 0. The summed E-state index contributed by atoms with van der Waals surface area (Å²) in [6, 6.07) is 6.17. The molecule has 0 aliphatic carbocycles. The lowest BCUT2D eigenvalue weighted by molar-refractivity contribution is 0.0786. The van der Waals surface area contributed by atoms with Crippen molar-refractivity contribution in [2.45, 2.75) is 32.3 Å². The van der Waals surface area contributed by atoms with Crippen LogP contribution < -0.4 is 4.90 Å². The number of rotatable bonds is 9. The van der Waals surface area contributed by atoms with E-state index < -0.39 is 15.9 Å². The number of nitrogens with zero attached hydrogens (tertiary/aromatic N) is 5. The van der Waals surface area contributed by atoms with Gasteiger partial charge in [-0.2, -0.15) is 9.40 Å². The highest BCUT2D eigenvalue weighted by molar-refractivity contribution is 7.89. The van der Waals surface area contributed by atoms with Crippen molar-refractivity contribution in [3.05, 3.63) is 66.4 Å². The molecule has 1 aliphatic heterocycles. The monoisotopic (exact) mass is 471 g/mol. The van der Waals surface area contributed by atoms with E-state index in [2.05, 4.69) is 49.1 Å². The Balaban J connectivity index is 1.86. The van der Waals surface area contributed by atoms with Crippen LogP contribution in [0, 0.1) is 13.8 Å². The van der Waals surface area contributed by atoms with Crippen LogP contribution in [0.4, 0.5) is 5.69 Å². The number of anilines is 1. The molecule has 1 aromatic carbocycles. The fourth-order valence-electron chi connectivity index (χ4n) is 4.00. The summed E-state index contributed by atoms with van der Waals surface area (Å²) in [7, 11) is -3.94. The van der Waals surface area contributed by atoms with Crippen LogP contribution in [0.1, 0.15) is 28.4 Å². The fourth-order valence-corrected chi connectivity index (χ4v) is 5.51. The van der Waals surface area contributed by atoms with E-state index in [0.717, 1.165) is 5.69 Å². The molecule has 2 heterocycles. The number of aryl methyl sites for hydroxylation is 2. The van der Waals surface area contributed by atoms with Crippen LogP contribution in [0.15, 0.2) is 54.7 Å².